The lowest BCUT2D eigenvalue weighted by molar-refractivity contribution is -0.133. The maximum absolute atomic E-state index is 12.0. The molecule has 118 valence electrons. The van der Waals surface area contributed by atoms with Crippen LogP contribution in [0, 0.1) is 0 Å². The van der Waals surface area contributed by atoms with Crippen molar-refractivity contribution < 1.29 is 14.7 Å². The lowest BCUT2D eigenvalue weighted by atomic mass is 9.92. The number of hydrogen-bond donors (Lipinski definition) is 2. The highest BCUT2D eigenvalue weighted by molar-refractivity contribution is 7.99. The summed E-state index contributed by atoms with van der Waals surface area (Å²) in [7, 11) is 0. The van der Waals surface area contributed by atoms with Gasteiger partial charge in [0.1, 0.15) is 6.54 Å². The molecule has 0 unspecified atom stereocenters. The average Bonchev–Trinajstić information content (AvgIpc) is 2.67. The smallest absolute Gasteiger partial charge is 0.313 e. The number of imidazole rings is 1. The Hall–Kier alpha value is -1.50. The highest BCUT2D eigenvalue weighted by Gasteiger charge is 2.23. The summed E-state index contributed by atoms with van der Waals surface area (Å²) in [5.74, 6) is -1.09. The molecule has 6 nitrogen and oxygen atoms in total. The number of aliphatic carboxylic acids is 1. The Morgan fingerprint density at radius 2 is 2.05 bits per heavy atom. The zero-order chi connectivity index (χ0) is 16.2. The minimum absolute atomic E-state index is 0.0641. The van der Waals surface area contributed by atoms with Crippen molar-refractivity contribution in [3.05, 3.63) is 11.9 Å². The van der Waals surface area contributed by atoms with Crippen molar-refractivity contribution in [1.82, 2.24) is 14.9 Å². The summed E-state index contributed by atoms with van der Waals surface area (Å²) in [5.41, 5.74) is 0.738. The van der Waals surface area contributed by atoms with Crippen LogP contribution in [0.15, 0.2) is 11.4 Å². The second-order valence-electron chi connectivity index (χ2n) is 6.17. The van der Waals surface area contributed by atoms with Gasteiger partial charge in [-0.05, 0) is 13.8 Å². The first kappa shape index (κ1) is 17.6. The van der Waals surface area contributed by atoms with Gasteiger partial charge in [0.15, 0.2) is 5.16 Å². The van der Waals surface area contributed by atoms with Crippen molar-refractivity contribution >= 4 is 23.6 Å². The number of thioether (sulfide) groups is 1. The quantitative estimate of drug-likeness (QED) is 0.783. The van der Waals surface area contributed by atoms with Crippen LogP contribution in [0.5, 0.6) is 0 Å². The van der Waals surface area contributed by atoms with Crippen molar-refractivity contribution in [2.75, 3.05) is 5.75 Å². The van der Waals surface area contributed by atoms with E-state index >= 15 is 0 Å². The summed E-state index contributed by atoms with van der Waals surface area (Å²) >= 11 is 1.13. The monoisotopic (exact) mass is 313 g/mol. The molecule has 0 saturated carbocycles. The van der Waals surface area contributed by atoms with Crippen molar-refractivity contribution in [2.24, 2.45) is 0 Å². The number of carbonyl (C=O) groups excluding carboxylic acids is 1. The fourth-order valence-corrected chi connectivity index (χ4v) is 2.56. The van der Waals surface area contributed by atoms with Crippen LogP contribution in [0.2, 0.25) is 0 Å². The minimum Gasteiger partial charge on any atom is -0.481 e. The van der Waals surface area contributed by atoms with E-state index in [1.54, 1.807) is 10.8 Å². The highest BCUT2D eigenvalue weighted by Crippen LogP contribution is 2.27. The van der Waals surface area contributed by atoms with Crippen molar-refractivity contribution in [3.8, 4) is 0 Å². The normalized spacial score (nSPS) is 11.7. The van der Waals surface area contributed by atoms with Crippen LogP contribution < -0.4 is 5.32 Å². The molecule has 0 aliphatic heterocycles. The molecule has 0 aliphatic rings. The fraction of sp³-hybridized carbons (Fsp3) is 0.643. The second-order valence-corrected chi connectivity index (χ2v) is 7.11. The molecule has 0 radical (unpaired) electrons. The van der Waals surface area contributed by atoms with Crippen molar-refractivity contribution in [3.63, 3.8) is 0 Å². The van der Waals surface area contributed by atoms with Gasteiger partial charge < -0.3 is 15.0 Å². The van der Waals surface area contributed by atoms with E-state index in [9.17, 15) is 9.59 Å². The summed E-state index contributed by atoms with van der Waals surface area (Å²) in [4.78, 5) is 27.0. The molecule has 1 aromatic rings. The maximum Gasteiger partial charge on any atom is 0.313 e. The highest BCUT2D eigenvalue weighted by atomic mass is 32.2. The predicted octanol–water partition coefficient (Wildman–Crippen LogP) is 1.88. The largest absolute Gasteiger partial charge is 0.481 e. The van der Waals surface area contributed by atoms with E-state index in [0.29, 0.717) is 5.16 Å². The Kier molecular flexibility index (Phi) is 5.83. The van der Waals surface area contributed by atoms with E-state index in [1.165, 1.54) is 0 Å². The van der Waals surface area contributed by atoms with Gasteiger partial charge >= 0.3 is 5.97 Å². The van der Waals surface area contributed by atoms with Gasteiger partial charge in [-0.3, -0.25) is 9.59 Å². The van der Waals surface area contributed by atoms with E-state index < -0.39 is 5.97 Å². The molecule has 0 aliphatic carbocycles. The lowest BCUT2D eigenvalue weighted by Crippen LogP contribution is -2.34. The Morgan fingerprint density at radius 3 is 2.52 bits per heavy atom. The standard InChI is InChI=1S/C14H23N3O3S/c1-9(2)16-11(18)7-17-10(14(3,4)5)6-15-13(17)21-8-12(19)20/h6,9H,7-8H2,1-5H3,(H,16,18)(H,19,20). The van der Waals surface area contributed by atoms with Gasteiger partial charge in [0.25, 0.3) is 0 Å². The molecular weight excluding hydrogens is 290 g/mol. The molecule has 1 aromatic heterocycles. The molecule has 0 spiro atoms. The van der Waals surface area contributed by atoms with Gasteiger partial charge in [-0.15, -0.1) is 0 Å². The molecule has 0 fully saturated rings. The lowest BCUT2D eigenvalue weighted by Gasteiger charge is -2.21. The van der Waals surface area contributed by atoms with Crippen LogP contribution in [0.25, 0.3) is 0 Å². The van der Waals surface area contributed by atoms with Gasteiger partial charge in [0.2, 0.25) is 5.91 Å². The zero-order valence-electron chi connectivity index (χ0n) is 13.1. The van der Waals surface area contributed by atoms with Crippen molar-refractivity contribution in [2.45, 2.75) is 57.8 Å². The average molecular weight is 313 g/mol. The maximum atomic E-state index is 12.0. The first-order valence-corrected chi connectivity index (χ1v) is 7.79. The first-order valence-electron chi connectivity index (χ1n) is 6.81. The number of carboxylic acids is 1. The molecular formula is C14H23N3O3S. The molecule has 1 rings (SSSR count). The second kappa shape index (κ2) is 6.98. The molecule has 0 bridgehead atoms. The van der Waals surface area contributed by atoms with E-state index in [0.717, 1.165) is 17.5 Å². The van der Waals surface area contributed by atoms with Gasteiger partial charge in [0, 0.05) is 23.3 Å². The van der Waals surface area contributed by atoms with Gasteiger partial charge in [-0.1, -0.05) is 32.5 Å². The number of rotatable bonds is 6. The molecule has 21 heavy (non-hydrogen) atoms. The number of aromatic nitrogens is 2. The molecule has 0 saturated heterocycles. The van der Waals surface area contributed by atoms with Crippen molar-refractivity contribution in [1.29, 1.82) is 0 Å². The van der Waals surface area contributed by atoms with Crippen LogP contribution in [0.3, 0.4) is 0 Å². The van der Waals surface area contributed by atoms with E-state index in [-0.39, 0.29) is 29.7 Å². The summed E-state index contributed by atoms with van der Waals surface area (Å²) in [6, 6.07) is 0.0641. The number of nitrogens with zero attached hydrogens (tertiary/aromatic N) is 2. The third-order valence-electron chi connectivity index (χ3n) is 2.66. The van der Waals surface area contributed by atoms with Crippen LogP contribution in [0.1, 0.15) is 40.3 Å². The number of nitrogens with one attached hydrogen (secondary N) is 1. The predicted molar refractivity (Wildman–Crippen MR) is 82.6 cm³/mol. The minimum atomic E-state index is -0.904. The molecule has 0 aromatic carbocycles. The summed E-state index contributed by atoms with van der Waals surface area (Å²) in [5, 5.41) is 12.2. The van der Waals surface area contributed by atoms with Crippen LogP contribution >= 0.6 is 11.8 Å². The molecule has 7 heteroatoms. The summed E-state index contributed by atoms with van der Waals surface area (Å²) in [6.07, 6.45) is 1.72. The Labute approximate surface area is 129 Å². The molecule has 0 atom stereocenters. The Balaban J connectivity index is 3.02. The van der Waals surface area contributed by atoms with Gasteiger partial charge in [0.05, 0.1) is 5.75 Å². The number of carbonyl (C=O) groups is 2. The number of amides is 1. The van der Waals surface area contributed by atoms with Crippen LogP contribution in [-0.2, 0) is 21.5 Å². The molecule has 1 amide bonds. The summed E-state index contributed by atoms with van der Waals surface area (Å²) < 4.78 is 1.80. The van der Waals surface area contributed by atoms with Crippen LogP contribution in [-0.4, -0.2) is 38.3 Å². The molecule has 1 heterocycles. The van der Waals surface area contributed by atoms with E-state index in [4.69, 9.17) is 5.11 Å². The third kappa shape index (κ3) is 5.41. The van der Waals surface area contributed by atoms with Gasteiger partial charge in [-0.25, -0.2) is 4.98 Å². The Bertz CT molecular complexity index is 518. The van der Waals surface area contributed by atoms with Gasteiger partial charge in [-0.2, -0.15) is 0 Å². The van der Waals surface area contributed by atoms with Crippen LogP contribution in [0.4, 0.5) is 0 Å². The SMILES string of the molecule is CC(C)NC(=O)Cn1c(C(C)(C)C)cnc1SCC(=O)O. The topological polar surface area (TPSA) is 84.2 Å². The van der Waals surface area contributed by atoms with E-state index in [1.807, 2.05) is 34.6 Å². The van der Waals surface area contributed by atoms with E-state index in [2.05, 4.69) is 10.3 Å². The zero-order valence-corrected chi connectivity index (χ0v) is 14.0. The fourth-order valence-electron chi connectivity index (χ4n) is 1.86. The summed E-state index contributed by atoms with van der Waals surface area (Å²) in [6.45, 7) is 10.0. The molecule has 2 N–H and O–H groups in total. The third-order valence-corrected chi connectivity index (χ3v) is 3.64. The number of carboxylic acid groups (broad SMARTS) is 1. The first-order chi connectivity index (χ1) is 9.61. The Morgan fingerprint density at radius 1 is 1.43 bits per heavy atom. The number of hydrogen-bond acceptors (Lipinski definition) is 4.